The van der Waals surface area contributed by atoms with Crippen LogP contribution < -0.4 is 15.4 Å². The molecule has 0 spiro atoms. The summed E-state index contributed by atoms with van der Waals surface area (Å²) in [6.07, 6.45) is -2.79. The Bertz CT molecular complexity index is 1240. The minimum atomic E-state index is -4.52. The van der Waals surface area contributed by atoms with Crippen LogP contribution >= 0.6 is 0 Å². The van der Waals surface area contributed by atoms with Gasteiger partial charge in [-0.1, -0.05) is 24.3 Å². The molecule has 182 valence electrons. The van der Waals surface area contributed by atoms with E-state index in [-0.39, 0.29) is 17.9 Å². The fraction of sp³-hybridized carbons (Fsp3) is 0.231. The first-order valence-electron chi connectivity index (χ1n) is 11.0. The highest BCUT2D eigenvalue weighted by Crippen LogP contribution is 2.35. The van der Waals surface area contributed by atoms with Crippen LogP contribution in [0.1, 0.15) is 46.0 Å². The number of benzene rings is 3. The summed E-state index contributed by atoms with van der Waals surface area (Å²) in [6, 6.07) is 15.7. The molecule has 3 N–H and O–H groups in total. The van der Waals surface area contributed by atoms with Gasteiger partial charge < -0.3 is 20.5 Å². The molecule has 1 atom stereocenters. The number of hydrogen-bond acceptors (Lipinski definition) is 4. The van der Waals surface area contributed by atoms with Gasteiger partial charge in [0.1, 0.15) is 5.75 Å². The zero-order chi connectivity index (χ0) is 25.0. The van der Waals surface area contributed by atoms with Gasteiger partial charge in [0.25, 0.3) is 11.8 Å². The second-order valence-electron chi connectivity index (χ2n) is 8.18. The zero-order valence-electron chi connectivity index (χ0n) is 18.6. The Balaban J connectivity index is 1.38. The second kappa shape index (κ2) is 10.2. The molecule has 0 heterocycles. The first kappa shape index (κ1) is 24.3. The summed E-state index contributed by atoms with van der Waals surface area (Å²) in [5, 5.41) is 15.2. The average Bonchev–Trinajstić information content (AvgIpc) is 2.83. The number of halogens is 3. The van der Waals surface area contributed by atoms with Gasteiger partial charge in [0.05, 0.1) is 11.7 Å². The van der Waals surface area contributed by atoms with Gasteiger partial charge in [-0.25, -0.2) is 0 Å². The van der Waals surface area contributed by atoms with Crippen molar-refractivity contribution in [2.75, 3.05) is 17.2 Å². The van der Waals surface area contributed by atoms with Gasteiger partial charge in [0.15, 0.2) is 6.61 Å². The molecule has 3 aromatic carbocycles. The summed E-state index contributed by atoms with van der Waals surface area (Å²) in [5.74, 6) is -0.522. The van der Waals surface area contributed by atoms with Crippen LogP contribution in [0.3, 0.4) is 0 Å². The van der Waals surface area contributed by atoms with Gasteiger partial charge in [0, 0.05) is 16.9 Å². The lowest BCUT2D eigenvalue weighted by molar-refractivity contribution is -0.137. The maximum atomic E-state index is 12.9. The first-order chi connectivity index (χ1) is 16.7. The smallest absolute Gasteiger partial charge is 0.416 e. The van der Waals surface area contributed by atoms with Crippen LogP contribution in [0.5, 0.6) is 5.75 Å². The molecule has 9 heteroatoms. The molecule has 0 bridgehead atoms. The minimum Gasteiger partial charge on any atom is -0.483 e. The molecule has 0 aromatic heterocycles. The van der Waals surface area contributed by atoms with Crippen LogP contribution in [0.25, 0.3) is 0 Å². The molecule has 35 heavy (non-hydrogen) atoms. The zero-order valence-corrected chi connectivity index (χ0v) is 18.6. The molecular formula is C26H23F3N2O4. The fourth-order valence-corrected chi connectivity index (χ4v) is 3.98. The van der Waals surface area contributed by atoms with E-state index in [4.69, 9.17) is 4.74 Å². The number of ether oxygens (including phenoxy) is 1. The van der Waals surface area contributed by atoms with Crippen molar-refractivity contribution in [2.24, 2.45) is 0 Å². The van der Waals surface area contributed by atoms with Crippen molar-refractivity contribution in [1.29, 1.82) is 0 Å². The number of nitrogens with one attached hydrogen (secondary N) is 2. The second-order valence-corrected chi connectivity index (χ2v) is 8.18. The van der Waals surface area contributed by atoms with Gasteiger partial charge in [-0.15, -0.1) is 0 Å². The number of aliphatic hydroxyl groups excluding tert-OH is 1. The van der Waals surface area contributed by atoms with Crippen LogP contribution in [0.4, 0.5) is 24.5 Å². The summed E-state index contributed by atoms with van der Waals surface area (Å²) in [4.78, 5) is 25.0. The Hall–Kier alpha value is -3.85. The molecule has 2 amide bonds. The predicted molar refractivity (Wildman–Crippen MR) is 124 cm³/mol. The summed E-state index contributed by atoms with van der Waals surface area (Å²) in [5.41, 5.74) is 1.34. The van der Waals surface area contributed by atoms with E-state index in [1.807, 2.05) is 6.07 Å². The van der Waals surface area contributed by atoms with Crippen molar-refractivity contribution in [3.05, 3.63) is 89.0 Å². The van der Waals surface area contributed by atoms with E-state index < -0.39 is 29.7 Å². The predicted octanol–water partition coefficient (Wildman–Crippen LogP) is 5.34. The number of carbonyl (C=O) groups is 2. The van der Waals surface area contributed by atoms with Crippen molar-refractivity contribution in [3.63, 3.8) is 0 Å². The van der Waals surface area contributed by atoms with E-state index in [1.54, 1.807) is 24.3 Å². The van der Waals surface area contributed by atoms with Crippen LogP contribution in [0.2, 0.25) is 0 Å². The topological polar surface area (TPSA) is 87.7 Å². The van der Waals surface area contributed by atoms with Crippen molar-refractivity contribution in [1.82, 2.24) is 0 Å². The van der Waals surface area contributed by atoms with Crippen LogP contribution in [-0.2, 0) is 17.4 Å². The Morgan fingerprint density at radius 3 is 2.46 bits per heavy atom. The summed E-state index contributed by atoms with van der Waals surface area (Å²) in [7, 11) is 0. The van der Waals surface area contributed by atoms with E-state index >= 15 is 0 Å². The van der Waals surface area contributed by atoms with E-state index in [0.29, 0.717) is 17.9 Å². The Labute approximate surface area is 199 Å². The van der Waals surface area contributed by atoms with Crippen LogP contribution in [-0.4, -0.2) is 23.5 Å². The molecule has 0 saturated heterocycles. The van der Waals surface area contributed by atoms with Crippen molar-refractivity contribution in [2.45, 2.75) is 31.5 Å². The van der Waals surface area contributed by atoms with E-state index in [9.17, 15) is 27.9 Å². The molecule has 1 aliphatic rings. The number of aliphatic hydroxyl groups is 1. The van der Waals surface area contributed by atoms with Gasteiger partial charge in [-0.05, 0) is 72.9 Å². The third-order valence-electron chi connectivity index (χ3n) is 5.65. The van der Waals surface area contributed by atoms with Crippen molar-refractivity contribution < 1.29 is 32.6 Å². The normalized spacial score (nSPS) is 15.1. The van der Waals surface area contributed by atoms with Crippen LogP contribution in [0, 0.1) is 0 Å². The Kier molecular flexibility index (Phi) is 7.07. The Morgan fingerprint density at radius 2 is 1.69 bits per heavy atom. The maximum absolute atomic E-state index is 12.9. The highest BCUT2D eigenvalue weighted by atomic mass is 19.4. The highest BCUT2D eigenvalue weighted by molar-refractivity contribution is 6.05. The highest BCUT2D eigenvalue weighted by Gasteiger charge is 2.30. The molecule has 4 rings (SSSR count). The van der Waals surface area contributed by atoms with Gasteiger partial charge >= 0.3 is 6.18 Å². The standard InChI is InChI=1S/C26H23F3N2O4/c27-26(28,29)17-6-2-8-19(14-17)31-25(34)16-5-1-7-18(13-16)30-24(33)15-35-23-12-4-9-20-21(23)10-3-11-22(20)32/h1-2,4-9,12-14,22,32H,3,10-11,15H2,(H,30,33)(H,31,34)/t22-/m0/s1. The number of alkyl halides is 3. The number of carbonyl (C=O) groups excluding carboxylic acids is 2. The quantitative estimate of drug-likeness (QED) is 0.441. The van der Waals surface area contributed by atoms with E-state index in [2.05, 4.69) is 10.6 Å². The number of fused-ring (bicyclic) bond motifs is 1. The number of anilines is 2. The summed E-state index contributed by atoms with van der Waals surface area (Å²) in [6.45, 7) is -0.271. The van der Waals surface area contributed by atoms with E-state index in [1.165, 1.54) is 24.3 Å². The minimum absolute atomic E-state index is 0.00368. The lowest BCUT2D eigenvalue weighted by Gasteiger charge is -2.23. The van der Waals surface area contributed by atoms with Gasteiger partial charge in [0.2, 0.25) is 0 Å². The first-order valence-corrected chi connectivity index (χ1v) is 11.0. The summed E-state index contributed by atoms with van der Waals surface area (Å²) >= 11 is 0. The third-order valence-corrected chi connectivity index (χ3v) is 5.65. The van der Waals surface area contributed by atoms with Gasteiger partial charge in [-0.3, -0.25) is 9.59 Å². The van der Waals surface area contributed by atoms with Gasteiger partial charge in [-0.2, -0.15) is 13.2 Å². The molecule has 0 saturated carbocycles. The lowest BCUT2D eigenvalue weighted by Crippen LogP contribution is -2.21. The maximum Gasteiger partial charge on any atom is 0.416 e. The van der Waals surface area contributed by atoms with Crippen LogP contribution in [0.15, 0.2) is 66.7 Å². The SMILES string of the molecule is O=C(COc1cccc2c1CCC[C@@H]2O)Nc1cccc(C(=O)Nc2cccc(C(F)(F)F)c2)c1. The molecule has 3 aromatic rings. The molecule has 0 radical (unpaired) electrons. The lowest BCUT2D eigenvalue weighted by atomic mass is 9.89. The van der Waals surface area contributed by atoms with E-state index in [0.717, 1.165) is 36.1 Å². The molecule has 0 aliphatic heterocycles. The number of hydrogen-bond donors (Lipinski definition) is 3. The largest absolute Gasteiger partial charge is 0.483 e. The van der Waals surface area contributed by atoms with Crippen molar-refractivity contribution in [3.8, 4) is 5.75 Å². The monoisotopic (exact) mass is 484 g/mol. The number of amides is 2. The third kappa shape index (κ3) is 5.99. The summed E-state index contributed by atoms with van der Waals surface area (Å²) < 4.78 is 44.4. The molecule has 0 unspecified atom stereocenters. The molecular weight excluding hydrogens is 461 g/mol. The molecule has 0 fully saturated rings. The van der Waals surface area contributed by atoms with Crippen molar-refractivity contribution >= 4 is 23.2 Å². The Morgan fingerprint density at radius 1 is 0.971 bits per heavy atom. The average molecular weight is 484 g/mol. The molecule has 6 nitrogen and oxygen atoms in total. The number of rotatable bonds is 6. The molecule has 1 aliphatic carbocycles. The fourth-order valence-electron chi connectivity index (χ4n) is 3.98.